The third kappa shape index (κ3) is 4.37. The van der Waals surface area contributed by atoms with Gasteiger partial charge in [-0.2, -0.15) is 0 Å². The summed E-state index contributed by atoms with van der Waals surface area (Å²) in [5.41, 5.74) is -0.189. The largest absolute Gasteiger partial charge is 0.372 e. The molecule has 2 saturated heterocycles. The zero-order valence-electron chi connectivity index (χ0n) is 13.2. The normalized spacial score (nSPS) is 28.9. The highest BCUT2D eigenvalue weighted by Crippen LogP contribution is 2.35. The molecule has 2 atom stereocenters. The molecule has 2 fully saturated rings. The monoisotopic (exact) mass is 300 g/mol. The molecule has 1 spiro atoms. The number of carbonyl (C=O) groups excluding carboxylic acids is 1. The van der Waals surface area contributed by atoms with Crippen LogP contribution in [0.15, 0.2) is 0 Å². The standard InChI is InChI=1S/C15H28N2O2S/c1-12(19-14(2,3)4)10-13(18)17-8-5-6-15(11-17)16-7-9-20-15/h12,16H,5-11H2,1-4H3. The molecule has 1 N–H and O–H groups in total. The summed E-state index contributed by atoms with van der Waals surface area (Å²) in [7, 11) is 0. The average Bonchev–Trinajstić information content (AvgIpc) is 2.74. The van der Waals surface area contributed by atoms with Gasteiger partial charge in [-0.15, -0.1) is 11.8 Å². The van der Waals surface area contributed by atoms with Gasteiger partial charge in [0, 0.05) is 25.4 Å². The SMILES string of the molecule is CC(CC(=O)N1CCCC2(C1)NCCS2)OC(C)(C)C. The Morgan fingerprint density at radius 2 is 2.25 bits per heavy atom. The number of rotatable bonds is 3. The highest BCUT2D eigenvalue weighted by Gasteiger charge is 2.40. The molecule has 0 bridgehead atoms. The molecule has 20 heavy (non-hydrogen) atoms. The lowest BCUT2D eigenvalue weighted by atomic mass is 10.0. The van der Waals surface area contributed by atoms with E-state index >= 15 is 0 Å². The van der Waals surface area contributed by atoms with Crippen LogP contribution in [-0.2, 0) is 9.53 Å². The molecule has 116 valence electrons. The van der Waals surface area contributed by atoms with Crippen molar-refractivity contribution >= 4 is 17.7 Å². The fraction of sp³-hybridized carbons (Fsp3) is 0.933. The lowest BCUT2D eigenvalue weighted by Crippen LogP contribution is -2.54. The van der Waals surface area contributed by atoms with E-state index in [9.17, 15) is 4.79 Å². The molecular weight excluding hydrogens is 272 g/mol. The second-order valence-electron chi connectivity index (χ2n) is 6.93. The van der Waals surface area contributed by atoms with Gasteiger partial charge in [-0.05, 0) is 40.5 Å². The van der Waals surface area contributed by atoms with Crippen LogP contribution in [0.4, 0.5) is 0 Å². The van der Waals surface area contributed by atoms with Gasteiger partial charge in [-0.1, -0.05) is 0 Å². The number of nitrogens with one attached hydrogen (secondary N) is 1. The summed E-state index contributed by atoms with van der Waals surface area (Å²) in [4.78, 5) is 14.6. The fourth-order valence-electron chi connectivity index (χ4n) is 3.09. The van der Waals surface area contributed by atoms with Crippen LogP contribution in [0.25, 0.3) is 0 Å². The van der Waals surface area contributed by atoms with E-state index < -0.39 is 0 Å². The minimum absolute atomic E-state index is 0.0235. The lowest BCUT2D eigenvalue weighted by Gasteiger charge is -2.40. The number of amides is 1. The number of piperidine rings is 1. The van der Waals surface area contributed by atoms with E-state index in [2.05, 4.69) is 5.32 Å². The van der Waals surface area contributed by atoms with Crippen molar-refractivity contribution in [3.63, 3.8) is 0 Å². The Bertz CT molecular complexity index is 348. The van der Waals surface area contributed by atoms with Crippen LogP contribution in [0, 0.1) is 0 Å². The highest BCUT2D eigenvalue weighted by atomic mass is 32.2. The molecule has 2 aliphatic rings. The molecule has 4 nitrogen and oxygen atoms in total. The minimum atomic E-state index is -0.189. The zero-order valence-corrected chi connectivity index (χ0v) is 14.0. The summed E-state index contributed by atoms with van der Waals surface area (Å²) >= 11 is 1.98. The van der Waals surface area contributed by atoms with E-state index in [4.69, 9.17) is 4.74 Å². The van der Waals surface area contributed by atoms with Crippen molar-refractivity contribution in [3.05, 3.63) is 0 Å². The molecule has 5 heteroatoms. The van der Waals surface area contributed by atoms with E-state index in [1.54, 1.807) is 0 Å². The molecule has 0 aromatic heterocycles. The minimum Gasteiger partial charge on any atom is -0.372 e. The molecular formula is C15H28N2O2S. The molecule has 1 amide bonds. The van der Waals surface area contributed by atoms with Crippen LogP contribution in [0.2, 0.25) is 0 Å². The molecule has 2 rings (SSSR count). The van der Waals surface area contributed by atoms with Gasteiger partial charge in [0.15, 0.2) is 0 Å². The molecule has 0 aliphatic carbocycles. The van der Waals surface area contributed by atoms with E-state index in [-0.39, 0.29) is 22.5 Å². The Morgan fingerprint density at radius 3 is 2.85 bits per heavy atom. The van der Waals surface area contributed by atoms with Crippen LogP contribution in [-0.4, -0.2) is 52.8 Å². The Hall–Kier alpha value is -0.260. The van der Waals surface area contributed by atoms with Gasteiger partial charge < -0.3 is 15.0 Å². The first-order valence-corrected chi connectivity index (χ1v) is 8.63. The first kappa shape index (κ1) is 16.1. The zero-order chi connectivity index (χ0) is 14.8. The fourth-order valence-corrected chi connectivity index (χ4v) is 4.43. The maximum atomic E-state index is 12.4. The van der Waals surface area contributed by atoms with E-state index in [1.165, 1.54) is 6.42 Å². The topological polar surface area (TPSA) is 41.6 Å². The van der Waals surface area contributed by atoms with Crippen molar-refractivity contribution in [3.8, 4) is 0 Å². The summed E-state index contributed by atoms with van der Waals surface area (Å²) in [5.74, 6) is 1.39. The first-order chi connectivity index (χ1) is 9.30. The molecule has 2 unspecified atom stereocenters. The quantitative estimate of drug-likeness (QED) is 0.868. The average molecular weight is 300 g/mol. The number of hydrogen-bond acceptors (Lipinski definition) is 4. The van der Waals surface area contributed by atoms with Crippen LogP contribution in [0.5, 0.6) is 0 Å². The summed E-state index contributed by atoms with van der Waals surface area (Å²) in [6.07, 6.45) is 2.73. The smallest absolute Gasteiger partial charge is 0.225 e. The second-order valence-corrected chi connectivity index (χ2v) is 8.41. The number of carbonyl (C=O) groups is 1. The third-order valence-electron chi connectivity index (χ3n) is 3.75. The predicted molar refractivity (Wildman–Crippen MR) is 83.9 cm³/mol. The summed E-state index contributed by atoms with van der Waals surface area (Å²) in [5, 5.41) is 3.59. The van der Waals surface area contributed by atoms with Gasteiger partial charge in [-0.25, -0.2) is 0 Å². The van der Waals surface area contributed by atoms with Crippen molar-refractivity contribution < 1.29 is 9.53 Å². The highest BCUT2D eigenvalue weighted by molar-refractivity contribution is 8.00. The molecule has 0 aromatic rings. The number of hydrogen-bond donors (Lipinski definition) is 1. The van der Waals surface area contributed by atoms with Gasteiger partial charge in [0.1, 0.15) is 0 Å². The predicted octanol–water partition coefficient (Wildman–Crippen LogP) is 2.24. The van der Waals surface area contributed by atoms with Crippen molar-refractivity contribution in [2.75, 3.05) is 25.4 Å². The summed E-state index contributed by atoms with van der Waals surface area (Å²) in [6, 6.07) is 0. The van der Waals surface area contributed by atoms with Crippen LogP contribution < -0.4 is 5.32 Å². The van der Waals surface area contributed by atoms with Crippen molar-refractivity contribution in [2.24, 2.45) is 0 Å². The molecule has 0 saturated carbocycles. The van der Waals surface area contributed by atoms with Crippen LogP contribution in [0.1, 0.15) is 47.0 Å². The Morgan fingerprint density at radius 1 is 1.50 bits per heavy atom. The van der Waals surface area contributed by atoms with Crippen LogP contribution >= 0.6 is 11.8 Å². The van der Waals surface area contributed by atoms with E-state index in [1.807, 2.05) is 44.4 Å². The Balaban J connectivity index is 1.86. The van der Waals surface area contributed by atoms with Crippen molar-refractivity contribution in [2.45, 2.75) is 63.5 Å². The van der Waals surface area contributed by atoms with Gasteiger partial charge in [0.25, 0.3) is 0 Å². The number of ether oxygens (including phenoxy) is 1. The third-order valence-corrected chi connectivity index (χ3v) is 5.19. The lowest BCUT2D eigenvalue weighted by molar-refractivity contribution is -0.138. The first-order valence-electron chi connectivity index (χ1n) is 7.64. The van der Waals surface area contributed by atoms with Gasteiger partial charge in [-0.3, -0.25) is 4.79 Å². The molecule has 2 heterocycles. The van der Waals surface area contributed by atoms with Gasteiger partial charge >= 0.3 is 0 Å². The maximum absolute atomic E-state index is 12.4. The molecule has 0 radical (unpaired) electrons. The summed E-state index contributed by atoms with van der Waals surface area (Å²) < 4.78 is 5.85. The maximum Gasteiger partial charge on any atom is 0.225 e. The van der Waals surface area contributed by atoms with Crippen molar-refractivity contribution in [1.29, 1.82) is 0 Å². The van der Waals surface area contributed by atoms with Crippen molar-refractivity contribution in [1.82, 2.24) is 10.2 Å². The molecule has 0 aromatic carbocycles. The Labute approximate surface area is 127 Å². The number of thioether (sulfide) groups is 1. The van der Waals surface area contributed by atoms with Gasteiger partial charge in [0.2, 0.25) is 5.91 Å². The van der Waals surface area contributed by atoms with Crippen LogP contribution in [0.3, 0.4) is 0 Å². The Kier molecular flexibility index (Phi) is 5.03. The number of nitrogens with zero attached hydrogens (tertiary/aromatic N) is 1. The number of likely N-dealkylation sites (tertiary alicyclic amines) is 1. The molecule has 2 aliphatic heterocycles. The van der Waals surface area contributed by atoms with E-state index in [0.29, 0.717) is 6.42 Å². The van der Waals surface area contributed by atoms with E-state index in [0.717, 1.165) is 31.8 Å². The van der Waals surface area contributed by atoms with Gasteiger partial charge in [0.05, 0.1) is 23.0 Å². The second kappa shape index (κ2) is 6.24. The summed E-state index contributed by atoms with van der Waals surface area (Å²) in [6.45, 7) is 10.9.